The number of carbonyl (C=O) groups excluding carboxylic acids is 2. The molecule has 1 heterocycles. The van der Waals surface area contributed by atoms with Gasteiger partial charge in [0.2, 0.25) is 0 Å². The lowest BCUT2D eigenvalue weighted by atomic mass is 9.93. The van der Waals surface area contributed by atoms with Crippen LogP contribution in [0.2, 0.25) is 0 Å². The van der Waals surface area contributed by atoms with Crippen LogP contribution in [0.3, 0.4) is 0 Å². The van der Waals surface area contributed by atoms with Crippen LogP contribution in [-0.4, -0.2) is 49.2 Å². The number of hydrogen-bond donors (Lipinski definition) is 2. The molecule has 1 aliphatic carbocycles. The maximum atomic E-state index is 11.7. The van der Waals surface area contributed by atoms with Crippen molar-refractivity contribution >= 4 is 12.0 Å². The number of piperidine rings is 1. The minimum Gasteiger partial charge on any atom is -0.469 e. The van der Waals surface area contributed by atoms with Gasteiger partial charge in [0.15, 0.2) is 0 Å². The van der Waals surface area contributed by atoms with E-state index in [-0.39, 0.29) is 17.9 Å². The molecule has 0 radical (unpaired) electrons. The average Bonchev–Trinajstić information content (AvgIpc) is 2.90. The number of carbonyl (C=O) groups is 2. The Kier molecular flexibility index (Phi) is 4.63. The molecule has 2 unspecified atom stereocenters. The molecule has 2 amide bonds. The first kappa shape index (κ1) is 14.1. The van der Waals surface area contributed by atoms with E-state index in [1.165, 1.54) is 37.7 Å². The Morgan fingerprint density at radius 2 is 1.89 bits per heavy atom. The number of methoxy groups -OCH3 is 1. The van der Waals surface area contributed by atoms with Crippen LogP contribution < -0.4 is 11.1 Å². The summed E-state index contributed by atoms with van der Waals surface area (Å²) in [7, 11) is 1.38. The summed E-state index contributed by atoms with van der Waals surface area (Å²) in [6, 6.07) is 0.177. The number of nitrogens with zero attached hydrogens (tertiary/aromatic N) is 1. The van der Waals surface area contributed by atoms with Gasteiger partial charge in [-0.15, -0.1) is 0 Å². The zero-order valence-electron chi connectivity index (χ0n) is 11.4. The van der Waals surface area contributed by atoms with Gasteiger partial charge in [0.1, 0.15) is 0 Å². The fourth-order valence-electron chi connectivity index (χ4n) is 3.16. The first-order valence-electron chi connectivity index (χ1n) is 6.98. The second-order valence-corrected chi connectivity index (χ2v) is 5.54. The van der Waals surface area contributed by atoms with Gasteiger partial charge in [0.25, 0.3) is 0 Å². The predicted octanol–water partition coefficient (Wildman–Crippen LogP) is 0.461. The molecule has 2 fully saturated rings. The Balaban J connectivity index is 1.96. The Labute approximate surface area is 113 Å². The summed E-state index contributed by atoms with van der Waals surface area (Å²) >= 11 is 0. The van der Waals surface area contributed by atoms with E-state index in [1.807, 2.05) is 0 Å². The normalized spacial score (nSPS) is 28.4. The van der Waals surface area contributed by atoms with Crippen molar-refractivity contribution in [1.82, 2.24) is 10.2 Å². The molecular formula is C13H23N3O3. The van der Waals surface area contributed by atoms with E-state index in [0.717, 1.165) is 0 Å². The quantitative estimate of drug-likeness (QED) is 0.729. The molecule has 0 aromatic carbocycles. The Morgan fingerprint density at radius 1 is 1.21 bits per heavy atom. The van der Waals surface area contributed by atoms with Crippen LogP contribution in [0.4, 0.5) is 4.79 Å². The maximum absolute atomic E-state index is 11.7. The SMILES string of the molecule is COC(=O)C1CC(NC2CCCC2)CN(C(N)=O)C1. The summed E-state index contributed by atoms with van der Waals surface area (Å²) in [6.07, 6.45) is 5.58. The van der Waals surface area contributed by atoms with Gasteiger partial charge < -0.3 is 20.7 Å². The molecule has 108 valence electrons. The third-order valence-corrected chi connectivity index (χ3v) is 4.12. The number of urea groups is 1. The highest BCUT2D eigenvalue weighted by Gasteiger charge is 2.34. The molecule has 2 aliphatic rings. The van der Waals surface area contributed by atoms with Crippen molar-refractivity contribution in [2.24, 2.45) is 11.7 Å². The van der Waals surface area contributed by atoms with Crippen molar-refractivity contribution in [2.75, 3.05) is 20.2 Å². The highest BCUT2D eigenvalue weighted by molar-refractivity contribution is 5.76. The number of likely N-dealkylation sites (tertiary alicyclic amines) is 1. The van der Waals surface area contributed by atoms with E-state index in [0.29, 0.717) is 25.6 Å². The van der Waals surface area contributed by atoms with Crippen molar-refractivity contribution in [1.29, 1.82) is 0 Å². The Bertz CT molecular complexity index is 342. The number of rotatable bonds is 3. The van der Waals surface area contributed by atoms with E-state index < -0.39 is 6.03 Å². The largest absolute Gasteiger partial charge is 0.469 e. The predicted molar refractivity (Wildman–Crippen MR) is 70.5 cm³/mol. The lowest BCUT2D eigenvalue weighted by Gasteiger charge is -2.37. The first-order chi connectivity index (χ1) is 9.10. The van der Waals surface area contributed by atoms with E-state index in [9.17, 15) is 9.59 Å². The van der Waals surface area contributed by atoms with Crippen LogP contribution in [0.1, 0.15) is 32.1 Å². The molecule has 19 heavy (non-hydrogen) atoms. The van der Waals surface area contributed by atoms with Gasteiger partial charge in [0.05, 0.1) is 13.0 Å². The number of hydrogen-bond acceptors (Lipinski definition) is 4. The van der Waals surface area contributed by atoms with Gasteiger partial charge >= 0.3 is 12.0 Å². The van der Waals surface area contributed by atoms with Crippen LogP contribution in [0, 0.1) is 5.92 Å². The van der Waals surface area contributed by atoms with Gasteiger partial charge in [-0.2, -0.15) is 0 Å². The molecule has 0 spiro atoms. The number of amides is 2. The third kappa shape index (κ3) is 3.59. The zero-order valence-corrected chi connectivity index (χ0v) is 11.4. The molecule has 1 aliphatic heterocycles. The minimum absolute atomic E-state index is 0.133. The summed E-state index contributed by atoms with van der Waals surface area (Å²) in [6.45, 7) is 0.949. The van der Waals surface area contributed by atoms with E-state index in [2.05, 4.69) is 5.32 Å². The minimum atomic E-state index is -0.466. The zero-order chi connectivity index (χ0) is 13.8. The number of ether oxygens (including phenoxy) is 1. The second kappa shape index (κ2) is 6.23. The number of nitrogens with two attached hydrogens (primary N) is 1. The fraction of sp³-hybridized carbons (Fsp3) is 0.846. The van der Waals surface area contributed by atoms with Crippen LogP contribution in [0.5, 0.6) is 0 Å². The Hall–Kier alpha value is -1.30. The van der Waals surface area contributed by atoms with Gasteiger partial charge in [-0.05, 0) is 19.3 Å². The van der Waals surface area contributed by atoms with Gasteiger partial charge in [0, 0.05) is 25.2 Å². The van der Waals surface area contributed by atoms with Gasteiger partial charge in [-0.1, -0.05) is 12.8 Å². The van der Waals surface area contributed by atoms with E-state index in [4.69, 9.17) is 10.5 Å². The standard InChI is InChI=1S/C13H23N3O3/c1-19-12(17)9-6-11(8-16(7-9)13(14)18)15-10-4-2-3-5-10/h9-11,15H,2-8H2,1H3,(H2,14,18). The average molecular weight is 269 g/mol. The smallest absolute Gasteiger partial charge is 0.314 e. The van der Waals surface area contributed by atoms with Crippen molar-refractivity contribution in [2.45, 2.75) is 44.2 Å². The molecule has 2 rings (SSSR count). The van der Waals surface area contributed by atoms with Crippen LogP contribution in [0.15, 0.2) is 0 Å². The van der Waals surface area contributed by atoms with E-state index >= 15 is 0 Å². The number of primary amides is 1. The van der Waals surface area contributed by atoms with E-state index in [1.54, 1.807) is 0 Å². The summed E-state index contributed by atoms with van der Waals surface area (Å²) in [5, 5.41) is 3.55. The van der Waals surface area contributed by atoms with Gasteiger partial charge in [-0.25, -0.2) is 4.79 Å². The molecule has 0 aromatic heterocycles. The topological polar surface area (TPSA) is 84.7 Å². The summed E-state index contributed by atoms with van der Waals surface area (Å²) in [5.74, 6) is -0.533. The maximum Gasteiger partial charge on any atom is 0.314 e. The Morgan fingerprint density at radius 3 is 2.47 bits per heavy atom. The highest BCUT2D eigenvalue weighted by atomic mass is 16.5. The van der Waals surface area contributed by atoms with Crippen molar-refractivity contribution < 1.29 is 14.3 Å². The fourth-order valence-corrected chi connectivity index (χ4v) is 3.16. The van der Waals surface area contributed by atoms with Crippen molar-refractivity contribution in [3.8, 4) is 0 Å². The number of esters is 1. The molecule has 1 saturated heterocycles. The number of nitrogens with one attached hydrogen (secondary N) is 1. The molecule has 2 atom stereocenters. The van der Waals surface area contributed by atoms with Crippen LogP contribution in [-0.2, 0) is 9.53 Å². The van der Waals surface area contributed by atoms with Crippen LogP contribution in [0.25, 0.3) is 0 Å². The van der Waals surface area contributed by atoms with Crippen molar-refractivity contribution in [3.63, 3.8) is 0 Å². The molecule has 6 heteroatoms. The third-order valence-electron chi connectivity index (χ3n) is 4.12. The molecular weight excluding hydrogens is 246 g/mol. The lowest BCUT2D eigenvalue weighted by Crippen LogP contribution is -2.55. The molecule has 6 nitrogen and oxygen atoms in total. The summed E-state index contributed by atoms with van der Waals surface area (Å²) in [5.41, 5.74) is 5.35. The monoisotopic (exact) mass is 269 g/mol. The molecule has 1 saturated carbocycles. The highest BCUT2D eigenvalue weighted by Crippen LogP contribution is 2.23. The van der Waals surface area contributed by atoms with Crippen molar-refractivity contribution in [3.05, 3.63) is 0 Å². The molecule has 0 aromatic rings. The molecule has 3 N–H and O–H groups in total. The second-order valence-electron chi connectivity index (χ2n) is 5.54. The van der Waals surface area contributed by atoms with Crippen LogP contribution >= 0.6 is 0 Å². The first-order valence-corrected chi connectivity index (χ1v) is 6.98. The van der Waals surface area contributed by atoms with Gasteiger partial charge in [-0.3, -0.25) is 4.79 Å². The summed E-state index contributed by atoms with van der Waals surface area (Å²) in [4.78, 5) is 24.6. The lowest BCUT2D eigenvalue weighted by molar-refractivity contribution is -0.147. The molecule has 0 bridgehead atoms. The summed E-state index contributed by atoms with van der Waals surface area (Å²) < 4.78 is 4.79.